The largest absolute Gasteiger partial charge is 0.350 e. The van der Waals surface area contributed by atoms with E-state index in [1.54, 1.807) is 38.5 Å². The summed E-state index contributed by atoms with van der Waals surface area (Å²) in [5, 5.41) is 0. The van der Waals surface area contributed by atoms with Gasteiger partial charge in [-0.3, -0.25) is 4.79 Å². The fourth-order valence-electron chi connectivity index (χ4n) is 4.03. The Morgan fingerprint density at radius 1 is 1.19 bits per heavy atom. The number of carbonyl (C=O) groups is 1. The Morgan fingerprint density at radius 2 is 2.00 bits per heavy atom. The molecule has 0 aromatic carbocycles. The number of H-pyrrole nitrogens is 1. The molecule has 1 aliphatic heterocycles. The molecular weight excluding hydrogens is 404 g/mol. The third-order valence-electron chi connectivity index (χ3n) is 5.71. The fraction of sp³-hybridized carbons (Fsp3) is 0.476. The minimum Gasteiger partial charge on any atom is -0.350 e. The summed E-state index contributed by atoms with van der Waals surface area (Å²) in [5.41, 5.74) is 1.79. The molecule has 2 fully saturated rings. The van der Waals surface area contributed by atoms with Crippen molar-refractivity contribution in [3.8, 4) is 11.5 Å². The predicted octanol–water partition coefficient (Wildman–Crippen LogP) is 2.84. The number of aromatic amines is 1. The number of nitrogens with one attached hydrogen (secondary N) is 1. The van der Waals surface area contributed by atoms with Crippen molar-refractivity contribution in [1.29, 1.82) is 0 Å². The molecule has 10 heteroatoms. The molecule has 1 saturated heterocycles. The first-order valence-corrected chi connectivity index (χ1v) is 10.3. The van der Waals surface area contributed by atoms with Crippen molar-refractivity contribution in [1.82, 2.24) is 29.8 Å². The van der Waals surface area contributed by atoms with Crippen molar-refractivity contribution in [2.24, 2.45) is 5.92 Å². The number of hydrogen-bond acceptors (Lipinski definition) is 6. The van der Waals surface area contributed by atoms with Gasteiger partial charge in [-0.15, -0.1) is 0 Å². The lowest BCUT2D eigenvalue weighted by molar-refractivity contribution is -0.137. The number of carbonyl (C=O) groups excluding carboxylic acids is 1. The Bertz CT molecular complexity index is 1140. The SMILES string of the molecule is CN(C)C(=O)[C@@H]1CN(c2ccc3nc(-c4ccnc(C5CC5)n4)[nH]c3n2)CC(F)(F)C1. The van der Waals surface area contributed by atoms with E-state index < -0.39 is 24.8 Å². The number of anilines is 1. The van der Waals surface area contributed by atoms with Gasteiger partial charge in [-0.1, -0.05) is 0 Å². The Labute approximate surface area is 177 Å². The number of piperidine rings is 1. The Kier molecular flexibility index (Phi) is 4.60. The second-order valence-electron chi connectivity index (χ2n) is 8.57. The maximum Gasteiger partial charge on any atom is 0.266 e. The molecule has 31 heavy (non-hydrogen) atoms. The van der Waals surface area contributed by atoms with E-state index in [0.717, 1.165) is 18.7 Å². The monoisotopic (exact) mass is 427 g/mol. The van der Waals surface area contributed by atoms with Crippen LogP contribution in [0.15, 0.2) is 24.4 Å². The molecule has 1 atom stereocenters. The minimum absolute atomic E-state index is 0.197. The van der Waals surface area contributed by atoms with E-state index in [9.17, 15) is 13.6 Å². The fourth-order valence-corrected chi connectivity index (χ4v) is 4.03. The molecule has 162 valence electrons. The summed E-state index contributed by atoms with van der Waals surface area (Å²) in [6.45, 7) is -0.275. The average molecular weight is 427 g/mol. The summed E-state index contributed by atoms with van der Waals surface area (Å²) < 4.78 is 28.8. The number of halogens is 2. The normalized spacial score (nSPS) is 20.8. The van der Waals surface area contributed by atoms with Crippen LogP contribution in [-0.4, -0.2) is 68.8 Å². The third-order valence-corrected chi connectivity index (χ3v) is 5.71. The molecule has 0 spiro atoms. The van der Waals surface area contributed by atoms with Gasteiger partial charge in [0.1, 0.15) is 22.9 Å². The zero-order chi connectivity index (χ0) is 21.8. The van der Waals surface area contributed by atoms with E-state index in [2.05, 4.69) is 24.9 Å². The number of rotatable bonds is 4. The molecule has 1 aliphatic carbocycles. The van der Waals surface area contributed by atoms with Crippen molar-refractivity contribution >= 4 is 22.9 Å². The lowest BCUT2D eigenvalue weighted by atomic mass is 9.94. The second-order valence-corrected chi connectivity index (χ2v) is 8.57. The molecule has 3 aromatic rings. The van der Waals surface area contributed by atoms with E-state index in [0.29, 0.717) is 34.4 Å². The van der Waals surface area contributed by atoms with Gasteiger partial charge in [0, 0.05) is 39.2 Å². The van der Waals surface area contributed by atoms with Crippen LogP contribution in [0, 0.1) is 5.92 Å². The van der Waals surface area contributed by atoms with Gasteiger partial charge in [0.05, 0.1) is 12.5 Å². The van der Waals surface area contributed by atoms with Crippen LogP contribution >= 0.6 is 0 Å². The van der Waals surface area contributed by atoms with Crippen LogP contribution in [-0.2, 0) is 4.79 Å². The smallest absolute Gasteiger partial charge is 0.266 e. The molecule has 3 aromatic heterocycles. The highest BCUT2D eigenvalue weighted by atomic mass is 19.3. The zero-order valence-electron chi connectivity index (χ0n) is 17.3. The number of imidazole rings is 1. The topological polar surface area (TPSA) is 90.9 Å². The van der Waals surface area contributed by atoms with Gasteiger partial charge in [-0.25, -0.2) is 28.7 Å². The summed E-state index contributed by atoms with van der Waals surface area (Å²) >= 11 is 0. The maximum absolute atomic E-state index is 14.4. The van der Waals surface area contributed by atoms with Crippen molar-refractivity contribution in [3.05, 3.63) is 30.2 Å². The van der Waals surface area contributed by atoms with E-state index in [-0.39, 0.29) is 12.5 Å². The summed E-state index contributed by atoms with van der Waals surface area (Å²) in [4.78, 5) is 36.3. The third kappa shape index (κ3) is 3.94. The van der Waals surface area contributed by atoms with Crippen LogP contribution in [0.4, 0.5) is 14.6 Å². The first-order valence-electron chi connectivity index (χ1n) is 10.3. The molecule has 1 N–H and O–H groups in total. The first kappa shape index (κ1) is 19.8. The van der Waals surface area contributed by atoms with Gasteiger partial charge in [0.25, 0.3) is 5.92 Å². The molecular formula is C21H23F2N7O. The Morgan fingerprint density at radius 3 is 2.74 bits per heavy atom. The summed E-state index contributed by atoms with van der Waals surface area (Å²) in [6.07, 6.45) is 3.48. The second kappa shape index (κ2) is 7.21. The van der Waals surface area contributed by atoms with Gasteiger partial charge in [0.15, 0.2) is 11.5 Å². The number of alkyl halides is 2. The van der Waals surface area contributed by atoms with Crippen LogP contribution in [0.3, 0.4) is 0 Å². The van der Waals surface area contributed by atoms with E-state index in [1.807, 2.05) is 0 Å². The minimum atomic E-state index is -2.97. The number of nitrogens with zero attached hydrogens (tertiary/aromatic N) is 6. The zero-order valence-corrected chi connectivity index (χ0v) is 17.3. The van der Waals surface area contributed by atoms with Crippen LogP contribution in [0.2, 0.25) is 0 Å². The standard InChI is InChI=1S/C21H23F2N7O/c1-29(2)20(31)13-9-21(22,23)11-30(10-13)16-6-5-14-19(27-16)28-18(26-14)15-7-8-24-17(25-15)12-3-4-12/h5-8,12-13H,3-4,9-11H2,1-2H3,(H,26,27,28)/t13-/m0/s1. The molecule has 4 heterocycles. The van der Waals surface area contributed by atoms with Crippen molar-refractivity contribution < 1.29 is 13.6 Å². The lowest BCUT2D eigenvalue weighted by Gasteiger charge is -2.38. The molecule has 5 rings (SSSR count). The van der Waals surface area contributed by atoms with Crippen LogP contribution in [0.1, 0.15) is 31.0 Å². The molecule has 8 nitrogen and oxygen atoms in total. The van der Waals surface area contributed by atoms with E-state index in [4.69, 9.17) is 0 Å². The highest BCUT2D eigenvalue weighted by Gasteiger charge is 2.43. The molecule has 1 amide bonds. The summed E-state index contributed by atoms with van der Waals surface area (Å²) in [6, 6.07) is 5.20. The van der Waals surface area contributed by atoms with E-state index in [1.165, 1.54) is 9.80 Å². The van der Waals surface area contributed by atoms with Crippen LogP contribution in [0.5, 0.6) is 0 Å². The first-order chi connectivity index (χ1) is 14.8. The van der Waals surface area contributed by atoms with Gasteiger partial charge >= 0.3 is 0 Å². The average Bonchev–Trinajstić information content (AvgIpc) is 3.50. The van der Waals surface area contributed by atoms with Gasteiger partial charge in [-0.2, -0.15) is 0 Å². The molecule has 0 unspecified atom stereocenters. The quantitative estimate of drug-likeness (QED) is 0.689. The number of pyridine rings is 1. The highest BCUT2D eigenvalue weighted by molar-refractivity contribution is 5.80. The van der Waals surface area contributed by atoms with Crippen LogP contribution in [0.25, 0.3) is 22.7 Å². The highest BCUT2D eigenvalue weighted by Crippen LogP contribution is 2.38. The van der Waals surface area contributed by atoms with Gasteiger partial charge < -0.3 is 14.8 Å². The molecule has 2 aliphatic rings. The Hall–Kier alpha value is -3.17. The summed E-state index contributed by atoms with van der Waals surface area (Å²) in [7, 11) is 3.16. The molecule has 0 bridgehead atoms. The number of amides is 1. The van der Waals surface area contributed by atoms with E-state index >= 15 is 0 Å². The number of hydrogen-bond donors (Lipinski definition) is 1. The summed E-state index contributed by atoms with van der Waals surface area (Å²) in [5.74, 6) is -1.86. The number of aromatic nitrogens is 5. The van der Waals surface area contributed by atoms with Crippen molar-refractivity contribution in [2.45, 2.75) is 31.1 Å². The predicted molar refractivity (Wildman–Crippen MR) is 111 cm³/mol. The molecule has 1 saturated carbocycles. The van der Waals surface area contributed by atoms with Gasteiger partial charge in [0.2, 0.25) is 5.91 Å². The maximum atomic E-state index is 14.4. The van der Waals surface area contributed by atoms with Crippen LogP contribution < -0.4 is 4.90 Å². The molecule has 0 radical (unpaired) electrons. The lowest BCUT2D eigenvalue weighted by Crippen LogP contribution is -2.51. The Balaban J connectivity index is 1.44. The van der Waals surface area contributed by atoms with Crippen molar-refractivity contribution in [2.75, 3.05) is 32.1 Å². The number of fused-ring (bicyclic) bond motifs is 1. The van der Waals surface area contributed by atoms with Gasteiger partial charge in [-0.05, 0) is 31.0 Å². The van der Waals surface area contributed by atoms with Crippen molar-refractivity contribution in [3.63, 3.8) is 0 Å².